The molecule has 0 spiro atoms. The molecular weight excluding hydrogens is 408 g/mol. The summed E-state index contributed by atoms with van der Waals surface area (Å²) >= 11 is 0. The van der Waals surface area contributed by atoms with Gasteiger partial charge in [0.25, 0.3) is 0 Å². The van der Waals surface area contributed by atoms with Gasteiger partial charge in [-0.15, -0.1) is 0 Å². The first-order valence-electron chi connectivity index (χ1n) is 8.44. The van der Waals surface area contributed by atoms with E-state index in [9.17, 15) is 9.13 Å². The van der Waals surface area contributed by atoms with Gasteiger partial charge in [-0.2, -0.15) is 4.31 Å². The van der Waals surface area contributed by atoms with Crippen LogP contribution in [0, 0.1) is 0 Å². The number of anilines is 1. The van der Waals surface area contributed by atoms with Crippen molar-refractivity contribution in [2.24, 2.45) is 0 Å². The first-order chi connectivity index (χ1) is 13.0. The van der Waals surface area contributed by atoms with Crippen molar-refractivity contribution in [3.63, 3.8) is 0 Å². The van der Waals surface area contributed by atoms with Gasteiger partial charge in [0, 0.05) is 18.3 Å². The number of hydrogen-bond donors (Lipinski definition) is 4. The number of phosphoric acid groups is 2. The molecule has 0 bridgehead atoms. The zero-order valence-electron chi connectivity index (χ0n) is 16.1. The van der Waals surface area contributed by atoms with Crippen LogP contribution in [0.25, 0.3) is 0 Å². The van der Waals surface area contributed by atoms with Crippen LogP contribution in [0.5, 0.6) is 5.75 Å². The minimum absolute atomic E-state index is 0.292. The molecule has 0 saturated heterocycles. The molecule has 0 saturated carbocycles. The van der Waals surface area contributed by atoms with Gasteiger partial charge in [-0.25, -0.2) is 9.13 Å². The Labute approximate surface area is 164 Å². The lowest BCUT2D eigenvalue weighted by Crippen LogP contribution is -2.02. The van der Waals surface area contributed by atoms with Crippen LogP contribution in [0.15, 0.2) is 47.6 Å². The lowest BCUT2D eigenvalue weighted by atomic mass is 10.1. The predicted molar refractivity (Wildman–Crippen MR) is 107 cm³/mol. The molecule has 0 heterocycles. The molecular formula is C17H27NO8P2. The van der Waals surface area contributed by atoms with Crippen LogP contribution in [0.1, 0.15) is 26.7 Å². The summed E-state index contributed by atoms with van der Waals surface area (Å²) in [6.45, 7) is 4.23. The maximum absolute atomic E-state index is 11.3. The van der Waals surface area contributed by atoms with E-state index < -0.39 is 15.6 Å². The molecule has 1 unspecified atom stereocenters. The van der Waals surface area contributed by atoms with E-state index in [1.54, 1.807) is 13.2 Å². The predicted octanol–water partition coefficient (Wildman–Crippen LogP) is 4.01. The second kappa shape index (κ2) is 11.5. The van der Waals surface area contributed by atoms with Crippen molar-refractivity contribution in [3.8, 4) is 5.75 Å². The van der Waals surface area contributed by atoms with Crippen LogP contribution in [-0.2, 0) is 18.0 Å². The summed E-state index contributed by atoms with van der Waals surface area (Å²) in [5, 5.41) is 3.31. The molecule has 1 aromatic rings. The molecule has 0 aromatic heterocycles. The molecule has 158 valence electrons. The lowest BCUT2D eigenvalue weighted by molar-refractivity contribution is 0.191. The molecule has 1 atom stereocenters. The molecule has 0 aliphatic carbocycles. The first-order valence-corrected chi connectivity index (χ1v) is 11.5. The number of methoxy groups -OCH3 is 1. The molecule has 0 aliphatic rings. The molecule has 9 nitrogen and oxygen atoms in total. The van der Waals surface area contributed by atoms with Gasteiger partial charge in [0.05, 0.1) is 13.7 Å². The van der Waals surface area contributed by atoms with Gasteiger partial charge in [0.2, 0.25) is 0 Å². The van der Waals surface area contributed by atoms with Crippen molar-refractivity contribution < 1.29 is 37.4 Å². The van der Waals surface area contributed by atoms with Crippen molar-refractivity contribution in [3.05, 3.63) is 47.6 Å². The molecule has 0 radical (unpaired) electrons. The van der Waals surface area contributed by atoms with Gasteiger partial charge in [0.1, 0.15) is 5.75 Å². The monoisotopic (exact) mass is 435 g/mol. The van der Waals surface area contributed by atoms with Crippen LogP contribution in [-0.4, -0.2) is 34.9 Å². The molecule has 0 aliphatic heterocycles. The molecule has 1 rings (SSSR count). The fraction of sp³-hybridized carbons (Fsp3) is 0.412. The van der Waals surface area contributed by atoms with E-state index in [0.29, 0.717) is 13.0 Å². The van der Waals surface area contributed by atoms with Crippen molar-refractivity contribution in [1.29, 1.82) is 0 Å². The van der Waals surface area contributed by atoms with Crippen LogP contribution >= 0.6 is 15.6 Å². The topological polar surface area (TPSA) is 135 Å². The fourth-order valence-electron chi connectivity index (χ4n) is 2.13. The number of benzene rings is 1. The van der Waals surface area contributed by atoms with Crippen LogP contribution in [0.3, 0.4) is 0 Å². The summed E-state index contributed by atoms with van der Waals surface area (Å²) in [5.41, 5.74) is 3.02. The minimum atomic E-state index is -5.09. The van der Waals surface area contributed by atoms with E-state index in [1.807, 2.05) is 38.1 Å². The smallest absolute Gasteiger partial charge is 0.481 e. The molecule has 0 amide bonds. The number of phosphoric ester groups is 1. The third kappa shape index (κ3) is 11.4. The maximum atomic E-state index is 11.3. The van der Waals surface area contributed by atoms with Crippen LogP contribution in [0.2, 0.25) is 0 Å². The third-order valence-electron chi connectivity index (χ3n) is 3.55. The summed E-state index contributed by atoms with van der Waals surface area (Å²) in [7, 11) is -8.27. The number of nitrogens with one attached hydrogen (secondary N) is 1. The second-order valence-electron chi connectivity index (χ2n) is 6.06. The number of ether oxygens (including phenoxy) is 1. The second-order valence-corrected chi connectivity index (χ2v) is 8.89. The molecule has 1 aromatic carbocycles. The summed E-state index contributed by atoms with van der Waals surface area (Å²) in [5.74, 6) is 0.785. The lowest BCUT2D eigenvalue weighted by Gasteiger charge is -2.11. The highest BCUT2D eigenvalue weighted by molar-refractivity contribution is 7.60. The van der Waals surface area contributed by atoms with Crippen molar-refractivity contribution >= 4 is 21.3 Å². The Hall–Kier alpha value is -1.44. The van der Waals surface area contributed by atoms with Gasteiger partial charge >= 0.3 is 15.6 Å². The Morgan fingerprint density at radius 3 is 2.50 bits per heavy atom. The average molecular weight is 435 g/mol. The highest BCUT2D eigenvalue weighted by atomic mass is 31.3. The Morgan fingerprint density at radius 1 is 1.14 bits per heavy atom. The van der Waals surface area contributed by atoms with Gasteiger partial charge in [-0.3, -0.25) is 4.52 Å². The van der Waals surface area contributed by atoms with Crippen LogP contribution in [0.4, 0.5) is 5.69 Å². The highest BCUT2D eigenvalue weighted by Crippen LogP contribution is 2.57. The van der Waals surface area contributed by atoms with Gasteiger partial charge in [-0.05, 0) is 38.8 Å². The Balaban J connectivity index is 2.36. The number of allylic oxidation sites excluding steroid dienone is 2. The van der Waals surface area contributed by atoms with E-state index in [4.69, 9.17) is 19.4 Å². The van der Waals surface area contributed by atoms with E-state index in [0.717, 1.165) is 29.0 Å². The van der Waals surface area contributed by atoms with E-state index >= 15 is 0 Å². The normalized spacial score (nSPS) is 15.2. The van der Waals surface area contributed by atoms with E-state index in [-0.39, 0.29) is 6.61 Å². The average Bonchev–Trinajstić information content (AvgIpc) is 2.58. The van der Waals surface area contributed by atoms with Crippen LogP contribution < -0.4 is 10.1 Å². The van der Waals surface area contributed by atoms with Gasteiger partial charge < -0.3 is 24.7 Å². The SMILES string of the molecule is COc1cccc(NC/C(C)=C/CC/C(C)=C/COP(=O)(O)OP(=O)(O)O)c1. The fourth-order valence-corrected chi connectivity index (χ4v) is 3.65. The Bertz CT molecular complexity index is 787. The van der Waals surface area contributed by atoms with Crippen molar-refractivity contribution in [2.75, 3.05) is 25.6 Å². The van der Waals surface area contributed by atoms with E-state index in [2.05, 4.69) is 20.2 Å². The van der Waals surface area contributed by atoms with Gasteiger partial charge in [0.15, 0.2) is 0 Å². The Kier molecular flexibility index (Phi) is 10.1. The third-order valence-corrected chi connectivity index (χ3v) is 5.70. The molecule has 0 fully saturated rings. The Morgan fingerprint density at radius 2 is 1.86 bits per heavy atom. The molecule has 11 heteroatoms. The zero-order valence-corrected chi connectivity index (χ0v) is 17.9. The van der Waals surface area contributed by atoms with Crippen molar-refractivity contribution in [1.82, 2.24) is 0 Å². The minimum Gasteiger partial charge on any atom is -0.497 e. The maximum Gasteiger partial charge on any atom is 0.481 e. The molecule has 4 N–H and O–H groups in total. The summed E-state index contributed by atoms with van der Waals surface area (Å²) in [6.07, 6.45) is 5.11. The summed E-state index contributed by atoms with van der Waals surface area (Å²) < 4.78 is 35.2. The quantitative estimate of drug-likeness (QED) is 0.284. The first kappa shape index (κ1) is 24.6. The summed E-state index contributed by atoms with van der Waals surface area (Å²) in [6, 6.07) is 7.66. The summed E-state index contributed by atoms with van der Waals surface area (Å²) in [4.78, 5) is 26.2. The van der Waals surface area contributed by atoms with Crippen molar-refractivity contribution in [2.45, 2.75) is 26.7 Å². The number of hydrogen-bond acceptors (Lipinski definition) is 6. The molecule has 28 heavy (non-hydrogen) atoms. The highest BCUT2D eigenvalue weighted by Gasteiger charge is 2.31. The van der Waals surface area contributed by atoms with E-state index in [1.165, 1.54) is 0 Å². The number of rotatable bonds is 12. The standard InChI is InChI=1S/C17H27NO8P2/c1-14(10-11-25-28(22,23)26-27(19,20)21)6-4-7-15(2)13-18-16-8-5-9-17(12-16)24-3/h5,7-10,12,18H,4,6,11,13H2,1-3H3,(H,22,23)(H2,19,20,21)/b14-10+,15-7+. The zero-order chi connectivity index (χ0) is 21.2. The largest absolute Gasteiger partial charge is 0.497 e. The van der Waals surface area contributed by atoms with Gasteiger partial charge in [-0.1, -0.05) is 29.4 Å².